The molecule has 1 unspecified atom stereocenters. The van der Waals surface area contributed by atoms with E-state index in [4.69, 9.17) is 16.1 Å². The van der Waals surface area contributed by atoms with E-state index in [0.717, 1.165) is 42.5 Å². The van der Waals surface area contributed by atoms with Crippen molar-refractivity contribution in [1.82, 2.24) is 9.97 Å². The van der Waals surface area contributed by atoms with Crippen LogP contribution in [-0.2, 0) is 0 Å². The minimum atomic E-state index is 0.516. The van der Waals surface area contributed by atoms with Gasteiger partial charge in [-0.1, -0.05) is 42.5 Å². The molecule has 6 nitrogen and oxygen atoms in total. The third-order valence-corrected chi connectivity index (χ3v) is 5.21. The van der Waals surface area contributed by atoms with Crippen molar-refractivity contribution in [1.29, 1.82) is 5.41 Å². The summed E-state index contributed by atoms with van der Waals surface area (Å²) < 4.78 is 0. The van der Waals surface area contributed by atoms with Crippen molar-refractivity contribution >= 4 is 29.2 Å². The Morgan fingerprint density at radius 2 is 1.90 bits per heavy atom. The van der Waals surface area contributed by atoms with Crippen molar-refractivity contribution in [2.24, 2.45) is 5.73 Å². The molecular weight excluding hydrogens is 360 g/mol. The van der Waals surface area contributed by atoms with E-state index in [1.807, 2.05) is 30.3 Å². The van der Waals surface area contributed by atoms with Gasteiger partial charge in [-0.05, 0) is 35.7 Å². The molecule has 146 valence electrons. The van der Waals surface area contributed by atoms with Crippen LogP contribution in [0.1, 0.15) is 23.5 Å². The van der Waals surface area contributed by atoms with Gasteiger partial charge >= 0.3 is 0 Å². The number of rotatable bonds is 6. The Kier molecular flexibility index (Phi) is 5.52. The van der Waals surface area contributed by atoms with E-state index in [1.54, 1.807) is 6.20 Å². The maximum Gasteiger partial charge on any atom is 0.227 e. The van der Waals surface area contributed by atoms with Crippen LogP contribution < -0.4 is 16.0 Å². The molecule has 1 atom stereocenters. The van der Waals surface area contributed by atoms with Gasteiger partial charge in [0, 0.05) is 48.9 Å². The monoisotopic (exact) mass is 384 g/mol. The van der Waals surface area contributed by atoms with Crippen LogP contribution in [-0.4, -0.2) is 29.3 Å². The first-order chi connectivity index (χ1) is 14.3. The minimum absolute atomic E-state index is 0.516. The summed E-state index contributed by atoms with van der Waals surface area (Å²) in [5.74, 6) is 2.03. The molecule has 2 heterocycles. The Labute approximate surface area is 170 Å². The molecule has 2 aromatic carbocycles. The zero-order valence-corrected chi connectivity index (χ0v) is 16.1. The molecule has 1 fully saturated rings. The van der Waals surface area contributed by atoms with E-state index < -0.39 is 0 Å². The van der Waals surface area contributed by atoms with Gasteiger partial charge in [0.05, 0.1) is 0 Å². The predicted molar refractivity (Wildman–Crippen MR) is 119 cm³/mol. The van der Waals surface area contributed by atoms with Gasteiger partial charge in [0.2, 0.25) is 5.95 Å². The number of anilines is 3. The lowest BCUT2D eigenvalue weighted by Gasteiger charge is -2.17. The number of nitrogens with one attached hydrogen (secondary N) is 2. The Hall–Kier alpha value is -3.67. The van der Waals surface area contributed by atoms with Crippen LogP contribution in [0.5, 0.6) is 0 Å². The van der Waals surface area contributed by atoms with Gasteiger partial charge < -0.3 is 21.4 Å². The average molecular weight is 384 g/mol. The number of aromatic nitrogens is 2. The molecular formula is C23H24N6. The summed E-state index contributed by atoms with van der Waals surface area (Å²) in [6, 6.07) is 20.3. The quantitative estimate of drug-likeness (QED) is 0.555. The average Bonchev–Trinajstić information content (AvgIpc) is 3.27. The number of nitrogens with two attached hydrogens (primary N) is 1. The second-order valence-electron chi connectivity index (χ2n) is 7.05. The van der Waals surface area contributed by atoms with Gasteiger partial charge in [-0.2, -0.15) is 4.98 Å². The Bertz CT molecular complexity index is 997. The maximum atomic E-state index is 7.39. The lowest BCUT2D eigenvalue weighted by molar-refractivity contribution is 0.773. The molecule has 3 aromatic rings. The highest BCUT2D eigenvalue weighted by molar-refractivity contribution is 6.08. The van der Waals surface area contributed by atoms with Gasteiger partial charge in [0.15, 0.2) is 0 Å². The van der Waals surface area contributed by atoms with Crippen molar-refractivity contribution in [2.75, 3.05) is 23.3 Å². The smallest absolute Gasteiger partial charge is 0.227 e. The van der Waals surface area contributed by atoms with Crippen LogP contribution >= 0.6 is 0 Å². The lowest BCUT2D eigenvalue weighted by Crippen LogP contribution is -2.21. The normalized spacial score (nSPS) is 16.6. The molecule has 0 saturated carbocycles. The molecule has 4 rings (SSSR count). The Balaban J connectivity index is 1.45. The summed E-state index contributed by atoms with van der Waals surface area (Å²) in [5, 5.41) is 10.7. The largest absolute Gasteiger partial charge is 0.404 e. The Morgan fingerprint density at radius 3 is 2.62 bits per heavy atom. The van der Waals surface area contributed by atoms with Crippen LogP contribution in [0.2, 0.25) is 0 Å². The molecule has 0 bridgehead atoms. The summed E-state index contributed by atoms with van der Waals surface area (Å²) >= 11 is 0. The first-order valence-corrected chi connectivity index (χ1v) is 9.69. The van der Waals surface area contributed by atoms with Gasteiger partial charge in [-0.25, -0.2) is 4.98 Å². The SMILES string of the molecule is N=C/C(=C\N)c1ccc(Nc2ccnc(N3CCC(c4ccccc4)C3)n2)cc1. The molecule has 1 saturated heterocycles. The number of nitrogens with zero attached hydrogens (tertiary/aromatic N) is 3. The highest BCUT2D eigenvalue weighted by atomic mass is 15.3. The van der Waals surface area contributed by atoms with E-state index in [0.29, 0.717) is 11.5 Å². The Morgan fingerprint density at radius 1 is 1.10 bits per heavy atom. The lowest BCUT2D eigenvalue weighted by atomic mass is 9.99. The van der Waals surface area contributed by atoms with Crippen molar-refractivity contribution < 1.29 is 0 Å². The predicted octanol–water partition coefficient (Wildman–Crippen LogP) is 4.16. The maximum absolute atomic E-state index is 7.39. The first kappa shape index (κ1) is 18.7. The molecule has 0 spiro atoms. The summed E-state index contributed by atoms with van der Waals surface area (Å²) in [4.78, 5) is 11.4. The van der Waals surface area contributed by atoms with Crippen molar-refractivity contribution in [3.63, 3.8) is 0 Å². The molecule has 0 amide bonds. The molecule has 1 aliphatic heterocycles. The minimum Gasteiger partial charge on any atom is -0.404 e. The van der Waals surface area contributed by atoms with Gasteiger partial charge in [0.25, 0.3) is 0 Å². The van der Waals surface area contributed by atoms with E-state index in [-0.39, 0.29) is 0 Å². The molecule has 0 aliphatic carbocycles. The fourth-order valence-electron chi connectivity index (χ4n) is 3.63. The summed E-state index contributed by atoms with van der Waals surface area (Å²) in [5.41, 5.74) is 9.43. The van der Waals surface area contributed by atoms with E-state index in [1.165, 1.54) is 18.0 Å². The van der Waals surface area contributed by atoms with E-state index in [9.17, 15) is 0 Å². The third kappa shape index (κ3) is 4.27. The summed E-state index contributed by atoms with van der Waals surface area (Å²) in [6.07, 6.45) is 5.58. The molecule has 0 radical (unpaired) electrons. The number of allylic oxidation sites excluding steroid dienone is 1. The van der Waals surface area contributed by atoms with Gasteiger partial charge in [-0.3, -0.25) is 0 Å². The van der Waals surface area contributed by atoms with Crippen LogP contribution in [0.3, 0.4) is 0 Å². The first-order valence-electron chi connectivity index (χ1n) is 9.69. The zero-order chi connectivity index (χ0) is 20.1. The highest BCUT2D eigenvalue weighted by Crippen LogP contribution is 2.29. The number of benzene rings is 2. The number of hydrogen-bond donors (Lipinski definition) is 3. The van der Waals surface area contributed by atoms with Gasteiger partial charge in [-0.15, -0.1) is 0 Å². The van der Waals surface area contributed by atoms with Crippen molar-refractivity contribution in [3.05, 3.63) is 84.2 Å². The number of hydrogen-bond acceptors (Lipinski definition) is 6. The van der Waals surface area contributed by atoms with E-state index >= 15 is 0 Å². The molecule has 6 heteroatoms. The standard InChI is InChI=1S/C23H24N6/c24-14-20(15-25)18-6-8-21(9-7-18)27-22-10-12-26-23(28-22)29-13-11-19(16-29)17-4-2-1-3-5-17/h1-10,12,14-15,19,24H,11,13,16,25H2,(H,26,27,28)/b20-15+,24-14?. The van der Waals surface area contributed by atoms with Crippen LogP contribution in [0, 0.1) is 5.41 Å². The van der Waals surface area contributed by atoms with Gasteiger partial charge in [0.1, 0.15) is 5.82 Å². The van der Waals surface area contributed by atoms with Crippen LogP contribution in [0.25, 0.3) is 5.57 Å². The second kappa shape index (κ2) is 8.56. The molecule has 4 N–H and O–H groups in total. The van der Waals surface area contributed by atoms with Crippen molar-refractivity contribution in [2.45, 2.75) is 12.3 Å². The fourth-order valence-corrected chi connectivity index (χ4v) is 3.63. The third-order valence-electron chi connectivity index (χ3n) is 5.21. The zero-order valence-electron chi connectivity index (χ0n) is 16.1. The fraction of sp³-hybridized carbons (Fsp3) is 0.174. The van der Waals surface area contributed by atoms with Crippen molar-refractivity contribution in [3.8, 4) is 0 Å². The molecule has 1 aliphatic rings. The second-order valence-corrected chi connectivity index (χ2v) is 7.05. The van der Waals surface area contributed by atoms with Crippen LogP contribution in [0.15, 0.2) is 73.1 Å². The molecule has 1 aromatic heterocycles. The summed E-state index contributed by atoms with van der Waals surface area (Å²) in [7, 11) is 0. The van der Waals surface area contributed by atoms with Crippen LogP contribution in [0.4, 0.5) is 17.5 Å². The summed E-state index contributed by atoms with van der Waals surface area (Å²) in [6.45, 7) is 1.88. The molecule has 29 heavy (non-hydrogen) atoms. The topological polar surface area (TPSA) is 90.9 Å². The van der Waals surface area contributed by atoms with E-state index in [2.05, 4.69) is 45.5 Å². The highest BCUT2D eigenvalue weighted by Gasteiger charge is 2.25.